The first-order valence-electron chi connectivity index (χ1n) is 5.56. The van der Waals surface area contributed by atoms with E-state index in [1.165, 1.54) is 6.07 Å². The van der Waals surface area contributed by atoms with E-state index in [-0.39, 0.29) is 0 Å². The van der Waals surface area contributed by atoms with Gasteiger partial charge in [0.05, 0.1) is 5.56 Å². The molecule has 0 fully saturated rings. The second-order valence-electron chi connectivity index (χ2n) is 3.83. The topological polar surface area (TPSA) is 35.2 Å². The molecule has 0 amide bonds. The van der Waals surface area contributed by atoms with Gasteiger partial charge in [0.2, 0.25) is 0 Å². The van der Waals surface area contributed by atoms with Crippen LogP contribution in [-0.4, -0.2) is 13.2 Å². The van der Waals surface area contributed by atoms with Crippen LogP contribution in [0, 0.1) is 5.82 Å². The molecule has 6 heteroatoms. The van der Waals surface area contributed by atoms with E-state index in [1.807, 2.05) is 6.92 Å². The molecule has 0 aromatic heterocycles. The van der Waals surface area contributed by atoms with Crippen molar-refractivity contribution in [2.75, 3.05) is 13.2 Å². The lowest BCUT2D eigenvalue weighted by Gasteiger charge is -2.14. The molecule has 2 N–H and O–H groups in total. The molecule has 1 rings (SSSR count). The predicted octanol–water partition coefficient (Wildman–Crippen LogP) is 3.27. The molecule has 0 spiro atoms. The highest BCUT2D eigenvalue weighted by molar-refractivity contribution is 5.28. The Morgan fingerprint density at radius 1 is 1.33 bits per heavy atom. The zero-order valence-electron chi connectivity index (χ0n) is 9.93. The summed E-state index contributed by atoms with van der Waals surface area (Å²) < 4.78 is 55.4. The minimum absolute atomic E-state index is 0.334. The van der Waals surface area contributed by atoms with Crippen LogP contribution in [0.15, 0.2) is 18.2 Å². The lowest BCUT2D eigenvalue weighted by molar-refractivity contribution is -0.140. The molecule has 0 saturated carbocycles. The van der Waals surface area contributed by atoms with Crippen LogP contribution in [0.4, 0.5) is 17.6 Å². The van der Waals surface area contributed by atoms with Crippen molar-refractivity contribution < 1.29 is 22.3 Å². The lowest BCUT2D eigenvalue weighted by atomic mass is 10.0. The third-order valence-corrected chi connectivity index (χ3v) is 2.50. The highest BCUT2D eigenvalue weighted by Gasteiger charge is 2.34. The van der Waals surface area contributed by atoms with E-state index in [0.717, 1.165) is 6.07 Å². The lowest BCUT2D eigenvalue weighted by Crippen LogP contribution is -2.15. The van der Waals surface area contributed by atoms with Gasteiger partial charge < -0.3 is 10.5 Å². The Morgan fingerprint density at radius 3 is 2.50 bits per heavy atom. The van der Waals surface area contributed by atoms with Gasteiger partial charge in [0.15, 0.2) is 0 Å². The molecular formula is C12H15F4NO. The highest BCUT2D eigenvalue weighted by Crippen LogP contribution is 2.32. The fourth-order valence-corrected chi connectivity index (χ4v) is 1.51. The van der Waals surface area contributed by atoms with Gasteiger partial charge in [-0.25, -0.2) is 4.39 Å². The Balaban J connectivity index is 2.78. The first-order chi connectivity index (χ1) is 8.36. The van der Waals surface area contributed by atoms with Gasteiger partial charge in [0.25, 0.3) is 0 Å². The first-order valence-corrected chi connectivity index (χ1v) is 5.56. The maximum absolute atomic E-state index is 13.3. The minimum atomic E-state index is -4.68. The number of halogens is 4. The van der Waals surface area contributed by atoms with Gasteiger partial charge in [-0.1, -0.05) is 6.07 Å². The standard InChI is InChI=1S/C12H15F4NO/c1-2-18-6-5-11(17)8-3-4-9(10(13)7-8)12(14,15)16/h3-4,7,11H,2,5-6,17H2,1H3. The molecule has 102 valence electrons. The second-order valence-corrected chi connectivity index (χ2v) is 3.83. The molecular weight excluding hydrogens is 250 g/mol. The maximum atomic E-state index is 13.3. The predicted molar refractivity (Wildman–Crippen MR) is 59.4 cm³/mol. The largest absolute Gasteiger partial charge is 0.419 e. The molecule has 18 heavy (non-hydrogen) atoms. The third-order valence-electron chi connectivity index (χ3n) is 2.50. The van der Waals surface area contributed by atoms with Gasteiger partial charge in [-0.2, -0.15) is 13.2 Å². The first kappa shape index (κ1) is 14.9. The molecule has 0 aliphatic rings. The summed E-state index contributed by atoms with van der Waals surface area (Å²) in [5, 5.41) is 0. The summed E-state index contributed by atoms with van der Waals surface area (Å²) in [6, 6.07) is 2.21. The fourth-order valence-electron chi connectivity index (χ4n) is 1.51. The zero-order valence-corrected chi connectivity index (χ0v) is 9.93. The molecule has 0 saturated heterocycles. The summed E-state index contributed by atoms with van der Waals surface area (Å²) in [6.45, 7) is 2.75. The van der Waals surface area contributed by atoms with Crippen molar-refractivity contribution in [2.45, 2.75) is 25.6 Å². The monoisotopic (exact) mass is 265 g/mol. The maximum Gasteiger partial charge on any atom is 0.419 e. The Bertz CT molecular complexity index is 392. The van der Waals surface area contributed by atoms with Crippen molar-refractivity contribution in [3.8, 4) is 0 Å². The van der Waals surface area contributed by atoms with Crippen LogP contribution in [-0.2, 0) is 10.9 Å². The average molecular weight is 265 g/mol. The van der Waals surface area contributed by atoms with Crippen molar-refractivity contribution in [3.05, 3.63) is 35.1 Å². The number of rotatable bonds is 5. The molecule has 0 bridgehead atoms. The third kappa shape index (κ3) is 3.96. The van der Waals surface area contributed by atoms with Crippen LogP contribution < -0.4 is 5.73 Å². The molecule has 0 radical (unpaired) electrons. The molecule has 1 aromatic rings. The van der Waals surface area contributed by atoms with Gasteiger partial charge in [0, 0.05) is 19.3 Å². The van der Waals surface area contributed by atoms with Crippen molar-refractivity contribution in [1.82, 2.24) is 0 Å². The van der Waals surface area contributed by atoms with Crippen molar-refractivity contribution in [1.29, 1.82) is 0 Å². The smallest absolute Gasteiger partial charge is 0.382 e. The Kier molecular flexibility index (Phi) is 5.10. The van der Waals surface area contributed by atoms with E-state index >= 15 is 0 Å². The van der Waals surface area contributed by atoms with Crippen molar-refractivity contribution >= 4 is 0 Å². The van der Waals surface area contributed by atoms with Gasteiger partial charge in [-0.15, -0.1) is 0 Å². The van der Waals surface area contributed by atoms with Crippen LogP contribution in [0.5, 0.6) is 0 Å². The van der Waals surface area contributed by atoms with E-state index in [1.54, 1.807) is 0 Å². The number of hydrogen-bond donors (Lipinski definition) is 1. The van der Waals surface area contributed by atoms with Gasteiger partial charge in [0.1, 0.15) is 5.82 Å². The number of hydrogen-bond acceptors (Lipinski definition) is 2. The number of benzene rings is 1. The Hall–Kier alpha value is -1.14. The summed E-state index contributed by atoms with van der Waals surface area (Å²) in [5.41, 5.74) is 4.79. The highest BCUT2D eigenvalue weighted by atomic mass is 19.4. The molecule has 2 nitrogen and oxygen atoms in total. The Labute approximate surface area is 103 Å². The van der Waals surface area contributed by atoms with Crippen LogP contribution in [0.3, 0.4) is 0 Å². The van der Waals surface area contributed by atoms with E-state index in [0.29, 0.717) is 31.3 Å². The summed E-state index contributed by atoms with van der Waals surface area (Å²) in [7, 11) is 0. The SMILES string of the molecule is CCOCCC(N)c1ccc(C(F)(F)F)c(F)c1. The molecule has 1 unspecified atom stereocenters. The molecule has 1 aromatic carbocycles. The van der Waals surface area contributed by atoms with E-state index in [4.69, 9.17) is 10.5 Å². The van der Waals surface area contributed by atoms with E-state index < -0.39 is 23.6 Å². The molecule has 1 atom stereocenters. The van der Waals surface area contributed by atoms with Crippen LogP contribution >= 0.6 is 0 Å². The van der Waals surface area contributed by atoms with Gasteiger partial charge >= 0.3 is 6.18 Å². The minimum Gasteiger partial charge on any atom is -0.382 e. The van der Waals surface area contributed by atoms with Gasteiger partial charge in [-0.05, 0) is 31.0 Å². The van der Waals surface area contributed by atoms with Crippen molar-refractivity contribution in [2.24, 2.45) is 5.73 Å². The summed E-state index contributed by atoms with van der Waals surface area (Å²) in [4.78, 5) is 0. The summed E-state index contributed by atoms with van der Waals surface area (Å²) in [6.07, 6.45) is -4.25. The number of alkyl halides is 3. The molecule has 0 aliphatic carbocycles. The Morgan fingerprint density at radius 2 is 2.00 bits per heavy atom. The normalized spacial score (nSPS) is 13.7. The second kappa shape index (κ2) is 6.15. The number of nitrogens with two attached hydrogens (primary N) is 1. The number of ether oxygens (including phenoxy) is 1. The van der Waals surface area contributed by atoms with Gasteiger partial charge in [-0.3, -0.25) is 0 Å². The van der Waals surface area contributed by atoms with E-state index in [2.05, 4.69) is 0 Å². The van der Waals surface area contributed by atoms with Crippen LogP contribution in [0.25, 0.3) is 0 Å². The summed E-state index contributed by atoms with van der Waals surface area (Å²) >= 11 is 0. The summed E-state index contributed by atoms with van der Waals surface area (Å²) in [5.74, 6) is -1.30. The fraction of sp³-hybridized carbons (Fsp3) is 0.500. The average Bonchev–Trinajstić information content (AvgIpc) is 2.27. The molecule has 0 heterocycles. The van der Waals surface area contributed by atoms with Crippen LogP contribution in [0.2, 0.25) is 0 Å². The zero-order chi connectivity index (χ0) is 13.8. The molecule has 0 aliphatic heterocycles. The quantitative estimate of drug-likeness (QED) is 0.655. The van der Waals surface area contributed by atoms with Crippen LogP contribution in [0.1, 0.15) is 30.5 Å². The van der Waals surface area contributed by atoms with E-state index in [9.17, 15) is 17.6 Å². The van der Waals surface area contributed by atoms with Crippen molar-refractivity contribution in [3.63, 3.8) is 0 Å².